The largest absolute Gasteiger partial charge is 0.296 e. The summed E-state index contributed by atoms with van der Waals surface area (Å²) in [6.07, 6.45) is 0.387. The van der Waals surface area contributed by atoms with Crippen LogP contribution in [0, 0.1) is 13.8 Å². The highest BCUT2D eigenvalue weighted by Gasteiger charge is 2.20. The molecule has 0 aliphatic carbocycles. The number of Topliss-reactive ketones (excluding diaryl/α,β-unsaturated/α-hetero) is 1. The summed E-state index contributed by atoms with van der Waals surface area (Å²) < 4.78 is 1.60. The van der Waals surface area contributed by atoms with Gasteiger partial charge in [-0.1, -0.05) is 52.7 Å². The Hall–Kier alpha value is -2.29. The lowest BCUT2D eigenvalue weighted by molar-refractivity contribution is 0.0989. The van der Waals surface area contributed by atoms with E-state index in [9.17, 15) is 9.59 Å². The minimum absolute atomic E-state index is 0.000695. The smallest absolute Gasteiger partial charge is 0.279 e. The summed E-state index contributed by atoms with van der Waals surface area (Å²) in [5, 5.41) is 12.0. The molecule has 1 N–H and O–H groups in total. The van der Waals surface area contributed by atoms with Crippen molar-refractivity contribution in [1.29, 1.82) is 0 Å². The molecule has 146 valence electrons. The molecular formula is C18H17Cl2N5O2S. The number of halogens is 2. The second-order valence-corrected chi connectivity index (χ2v) is 7.91. The Labute approximate surface area is 175 Å². The van der Waals surface area contributed by atoms with Crippen LogP contribution in [0.2, 0.25) is 10.0 Å². The van der Waals surface area contributed by atoms with Crippen LogP contribution in [0.1, 0.15) is 50.5 Å². The van der Waals surface area contributed by atoms with Gasteiger partial charge in [0.15, 0.2) is 16.6 Å². The van der Waals surface area contributed by atoms with Crippen molar-refractivity contribution in [2.45, 2.75) is 33.7 Å². The van der Waals surface area contributed by atoms with Crippen molar-refractivity contribution in [1.82, 2.24) is 20.0 Å². The number of carbonyl (C=O) groups is 2. The minimum Gasteiger partial charge on any atom is -0.296 e. The molecule has 0 spiro atoms. The fourth-order valence-corrected chi connectivity index (χ4v) is 3.85. The Kier molecular flexibility index (Phi) is 6.12. The number of thiazole rings is 1. The van der Waals surface area contributed by atoms with E-state index in [0.717, 1.165) is 16.9 Å². The first-order valence-corrected chi connectivity index (χ1v) is 10.0. The Bertz CT molecular complexity index is 1060. The molecule has 0 saturated carbocycles. The monoisotopic (exact) mass is 437 g/mol. The SMILES string of the molecule is CCC(=O)c1sc(NC(=O)c2nnn(Cc3ccc(Cl)c(Cl)c3)c2C)nc1C. The topological polar surface area (TPSA) is 89.8 Å². The van der Waals surface area contributed by atoms with Crippen molar-refractivity contribution < 1.29 is 9.59 Å². The molecule has 1 amide bonds. The molecule has 7 nitrogen and oxygen atoms in total. The zero-order valence-electron chi connectivity index (χ0n) is 15.4. The standard InChI is InChI=1S/C18H17Cl2N5O2S/c1-4-14(26)16-9(2)21-18(28-16)22-17(27)15-10(3)25(24-23-15)8-11-5-6-12(19)13(20)7-11/h5-7H,4,8H2,1-3H3,(H,21,22,27). The average Bonchev–Trinajstić information content (AvgIpc) is 3.20. The predicted molar refractivity (Wildman–Crippen MR) is 110 cm³/mol. The highest BCUT2D eigenvalue weighted by Crippen LogP contribution is 2.25. The minimum atomic E-state index is -0.429. The molecule has 3 aromatic rings. The fraction of sp³-hybridized carbons (Fsp3) is 0.278. The third-order valence-electron chi connectivity index (χ3n) is 4.11. The van der Waals surface area contributed by atoms with E-state index < -0.39 is 5.91 Å². The molecule has 0 atom stereocenters. The van der Waals surface area contributed by atoms with Crippen molar-refractivity contribution in [2.24, 2.45) is 0 Å². The summed E-state index contributed by atoms with van der Waals surface area (Å²) in [7, 11) is 0. The third kappa shape index (κ3) is 4.24. The third-order valence-corrected chi connectivity index (χ3v) is 5.96. The van der Waals surface area contributed by atoms with Crippen LogP contribution in [-0.2, 0) is 6.54 Å². The van der Waals surface area contributed by atoms with Crippen LogP contribution < -0.4 is 5.32 Å². The summed E-state index contributed by atoms with van der Waals surface area (Å²) >= 11 is 13.1. The van der Waals surface area contributed by atoms with Gasteiger partial charge in [0.05, 0.1) is 32.9 Å². The number of amides is 1. The van der Waals surface area contributed by atoms with E-state index in [0.29, 0.717) is 44.4 Å². The van der Waals surface area contributed by atoms with E-state index in [1.54, 1.807) is 37.6 Å². The first-order chi connectivity index (χ1) is 13.3. The lowest BCUT2D eigenvalue weighted by Crippen LogP contribution is -2.14. The van der Waals surface area contributed by atoms with Gasteiger partial charge in [-0.15, -0.1) is 5.10 Å². The van der Waals surface area contributed by atoms with Crippen LogP contribution >= 0.6 is 34.5 Å². The molecular weight excluding hydrogens is 421 g/mol. The number of aromatic nitrogens is 4. The molecule has 0 aliphatic heterocycles. The maximum Gasteiger partial charge on any atom is 0.279 e. The molecule has 0 aliphatic rings. The van der Waals surface area contributed by atoms with Crippen LogP contribution in [-0.4, -0.2) is 31.7 Å². The van der Waals surface area contributed by atoms with Crippen molar-refractivity contribution >= 4 is 51.4 Å². The van der Waals surface area contributed by atoms with Gasteiger partial charge in [-0.2, -0.15) is 0 Å². The van der Waals surface area contributed by atoms with E-state index in [-0.39, 0.29) is 11.5 Å². The van der Waals surface area contributed by atoms with Crippen molar-refractivity contribution in [3.63, 3.8) is 0 Å². The molecule has 3 rings (SSSR count). The number of nitrogens with one attached hydrogen (secondary N) is 1. The lowest BCUT2D eigenvalue weighted by Gasteiger charge is -2.05. The summed E-state index contributed by atoms with van der Waals surface area (Å²) in [4.78, 5) is 29.3. The summed E-state index contributed by atoms with van der Waals surface area (Å²) in [6.45, 7) is 5.68. The second-order valence-electron chi connectivity index (χ2n) is 6.09. The van der Waals surface area contributed by atoms with Crippen LogP contribution in [0.3, 0.4) is 0 Å². The zero-order chi connectivity index (χ0) is 20.4. The first kappa shape index (κ1) is 20.4. The van der Waals surface area contributed by atoms with Gasteiger partial charge >= 0.3 is 0 Å². The van der Waals surface area contributed by atoms with Crippen molar-refractivity contribution in [2.75, 3.05) is 5.32 Å². The number of benzene rings is 1. The van der Waals surface area contributed by atoms with Gasteiger partial charge in [-0.3, -0.25) is 14.9 Å². The van der Waals surface area contributed by atoms with E-state index >= 15 is 0 Å². The van der Waals surface area contributed by atoms with E-state index in [2.05, 4.69) is 20.6 Å². The molecule has 10 heteroatoms. The van der Waals surface area contributed by atoms with E-state index in [4.69, 9.17) is 23.2 Å². The number of anilines is 1. The molecule has 0 unspecified atom stereocenters. The van der Waals surface area contributed by atoms with Crippen LogP contribution in [0.25, 0.3) is 0 Å². The maximum absolute atomic E-state index is 12.6. The zero-order valence-corrected chi connectivity index (χ0v) is 17.7. The average molecular weight is 438 g/mol. The Balaban J connectivity index is 1.76. The Morgan fingerprint density at radius 1 is 1.21 bits per heavy atom. The number of hydrogen-bond acceptors (Lipinski definition) is 6. The van der Waals surface area contributed by atoms with Crippen LogP contribution in [0.15, 0.2) is 18.2 Å². The number of aryl methyl sites for hydroxylation is 1. The molecule has 2 aromatic heterocycles. The quantitative estimate of drug-likeness (QED) is 0.571. The predicted octanol–water partition coefficient (Wildman–Crippen LogP) is 4.55. The number of rotatable bonds is 6. The van der Waals surface area contributed by atoms with Gasteiger partial charge in [0.25, 0.3) is 5.91 Å². The molecule has 0 saturated heterocycles. The highest BCUT2D eigenvalue weighted by atomic mass is 35.5. The second kappa shape index (κ2) is 8.38. The van der Waals surface area contributed by atoms with Crippen molar-refractivity contribution in [3.8, 4) is 0 Å². The number of ketones is 1. The van der Waals surface area contributed by atoms with Gasteiger partial charge in [-0.05, 0) is 31.5 Å². The highest BCUT2D eigenvalue weighted by molar-refractivity contribution is 7.17. The van der Waals surface area contributed by atoms with Crippen LogP contribution in [0.4, 0.5) is 5.13 Å². The van der Waals surface area contributed by atoms with Gasteiger partial charge in [0, 0.05) is 6.42 Å². The summed E-state index contributed by atoms with van der Waals surface area (Å²) in [5.74, 6) is -0.429. The summed E-state index contributed by atoms with van der Waals surface area (Å²) in [6, 6.07) is 5.29. The van der Waals surface area contributed by atoms with Crippen molar-refractivity contribution in [3.05, 3.63) is 55.8 Å². The van der Waals surface area contributed by atoms with E-state index in [1.165, 1.54) is 0 Å². The first-order valence-electron chi connectivity index (χ1n) is 8.46. The van der Waals surface area contributed by atoms with E-state index in [1.807, 2.05) is 6.07 Å². The molecule has 0 fully saturated rings. The van der Waals surface area contributed by atoms with Gasteiger partial charge in [-0.25, -0.2) is 9.67 Å². The number of carbonyl (C=O) groups excluding carboxylic acids is 2. The Morgan fingerprint density at radius 3 is 2.64 bits per heavy atom. The Morgan fingerprint density at radius 2 is 1.96 bits per heavy atom. The summed E-state index contributed by atoms with van der Waals surface area (Å²) in [5.41, 5.74) is 2.28. The molecule has 28 heavy (non-hydrogen) atoms. The lowest BCUT2D eigenvalue weighted by atomic mass is 10.2. The molecule has 0 radical (unpaired) electrons. The maximum atomic E-state index is 12.6. The van der Waals surface area contributed by atoms with Gasteiger partial charge < -0.3 is 0 Å². The number of hydrogen-bond donors (Lipinski definition) is 1. The number of nitrogens with zero attached hydrogens (tertiary/aromatic N) is 4. The molecule has 1 aromatic carbocycles. The normalized spacial score (nSPS) is 10.9. The molecule has 2 heterocycles. The fourth-order valence-electron chi connectivity index (χ4n) is 2.56. The van der Waals surface area contributed by atoms with Gasteiger partial charge in [0.2, 0.25) is 0 Å². The van der Waals surface area contributed by atoms with Crippen LogP contribution in [0.5, 0.6) is 0 Å². The molecule has 0 bridgehead atoms. The van der Waals surface area contributed by atoms with Gasteiger partial charge in [0.1, 0.15) is 0 Å².